The summed E-state index contributed by atoms with van der Waals surface area (Å²) >= 11 is 0. The summed E-state index contributed by atoms with van der Waals surface area (Å²) in [6.07, 6.45) is 0. The molecule has 0 saturated heterocycles. The number of carboxylic acids is 1. The second-order valence-corrected chi connectivity index (χ2v) is 2.48. The van der Waals surface area contributed by atoms with Gasteiger partial charge in [-0.25, -0.2) is 4.79 Å². The number of aromatic carboxylic acids is 1. The minimum absolute atomic E-state index is 0.00176. The highest BCUT2D eigenvalue weighted by molar-refractivity contribution is 5.98. The third kappa shape index (κ3) is 0.795. The smallest absolute Gasteiger partial charge is 0.357 e. The summed E-state index contributed by atoms with van der Waals surface area (Å²) in [6, 6.07) is 1.68. The van der Waals surface area contributed by atoms with E-state index in [-0.39, 0.29) is 5.69 Å². The van der Waals surface area contributed by atoms with E-state index in [1.54, 1.807) is 13.0 Å². The van der Waals surface area contributed by atoms with Crippen molar-refractivity contribution in [2.24, 2.45) is 0 Å². The predicted octanol–water partition coefficient (Wildman–Crippen LogP) is 1.16. The first kappa shape index (κ1) is 6.90. The summed E-state index contributed by atoms with van der Waals surface area (Å²) in [6.45, 7) is 1.74. The zero-order chi connectivity index (χ0) is 8.72. The maximum Gasteiger partial charge on any atom is 0.357 e. The Balaban J connectivity index is 2.76. The number of rotatable bonds is 1. The van der Waals surface area contributed by atoms with Gasteiger partial charge in [0.25, 0.3) is 0 Å². The van der Waals surface area contributed by atoms with Gasteiger partial charge in [0.15, 0.2) is 11.3 Å². The van der Waals surface area contributed by atoms with Gasteiger partial charge in [-0.1, -0.05) is 0 Å². The molecule has 0 unspecified atom stereocenters. The molecule has 5 heteroatoms. The van der Waals surface area contributed by atoms with Crippen LogP contribution in [-0.2, 0) is 0 Å². The van der Waals surface area contributed by atoms with E-state index in [0.717, 1.165) is 0 Å². The number of nitrogens with one attached hydrogen (secondary N) is 1. The first-order valence-corrected chi connectivity index (χ1v) is 3.36. The van der Waals surface area contributed by atoms with Crippen LogP contribution in [0.2, 0.25) is 0 Å². The summed E-state index contributed by atoms with van der Waals surface area (Å²) in [4.78, 5) is 10.6. The lowest BCUT2D eigenvalue weighted by Crippen LogP contribution is -1.96. The van der Waals surface area contributed by atoms with Gasteiger partial charge >= 0.3 is 5.97 Å². The standard InChI is InChI=1S/C7H6N2O3/c1-3-2-4-6(12-3)5(7(10)11)9-8-4/h2H,1H3,(H,8,9)(H,10,11). The summed E-state index contributed by atoms with van der Waals surface area (Å²) in [5, 5.41) is 14.8. The van der Waals surface area contributed by atoms with Crippen LogP contribution in [0.15, 0.2) is 10.5 Å². The van der Waals surface area contributed by atoms with Gasteiger partial charge in [0.2, 0.25) is 0 Å². The number of H-pyrrole nitrogens is 1. The molecule has 0 atom stereocenters. The fourth-order valence-electron chi connectivity index (χ4n) is 1.07. The average Bonchev–Trinajstić information content (AvgIpc) is 2.43. The predicted molar refractivity (Wildman–Crippen MR) is 40.1 cm³/mol. The molecule has 0 radical (unpaired) electrons. The number of fused-ring (bicyclic) bond motifs is 1. The average molecular weight is 166 g/mol. The van der Waals surface area contributed by atoms with Crippen LogP contribution in [0.5, 0.6) is 0 Å². The Morgan fingerprint density at radius 2 is 2.50 bits per heavy atom. The van der Waals surface area contributed by atoms with Crippen molar-refractivity contribution in [3.63, 3.8) is 0 Å². The fraction of sp³-hybridized carbons (Fsp3) is 0.143. The van der Waals surface area contributed by atoms with Crippen LogP contribution in [0, 0.1) is 6.92 Å². The summed E-state index contributed by atoms with van der Waals surface area (Å²) in [7, 11) is 0. The molecule has 2 heterocycles. The molecule has 0 spiro atoms. The van der Waals surface area contributed by atoms with Gasteiger partial charge in [-0.3, -0.25) is 5.10 Å². The van der Waals surface area contributed by atoms with Crippen molar-refractivity contribution in [1.29, 1.82) is 0 Å². The van der Waals surface area contributed by atoms with Crippen LogP contribution < -0.4 is 0 Å². The third-order valence-electron chi connectivity index (χ3n) is 1.56. The van der Waals surface area contributed by atoms with Crippen LogP contribution in [0.4, 0.5) is 0 Å². The highest BCUT2D eigenvalue weighted by atomic mass is 16.4. The highest BCUT2D eigenvalue weighted by Crippen LogP contribution is 2.19. The fourth-order valence-corrected chi connectivity index (χ4v) is 1.07. The van der Waals surface area contributed by atoms with Crippen molar-refractivity contribution < 1.29 is 14.3 Å². The Morgan fingerprint density at radius 3 is 3.17 bits per heavy atom. The van der Waals surface area contributed by atoms with E-state index in [0.29, 0.717) is 16.9 Å². The number of furan rings is 1. The number of aromatic amines is 1. The number of aryl methyl sites for hydroxylation is 1. The number of hydrogen-bond donors (Lipinski definition) is 2. The summed E-state index contributed by atoms with van der Waals surface area (Å²) in [5.74, 6) is -0.407. The minimum atomic E-state index is -1.06. The molecule has 0 aromatic carbocycles. The quantitative estimate of drug-likeness (QED) is 0.666. The molecule has 0 aliphatic carbocycles. The lowest BCUT2D eigenvalue weighted by Gasteiger charge is -1.84. The number of hydrogen-bond acceptors (Lipinski definition) is 3. The molecule has 12 heavy (non-hydrogen) atoms. The maximum atomic E-state index is 10.6. The lowest BCUT2D eigenvalue weighted by molar-refractivity contribution is 0.0691. The zero-order valence-corrected chi connectivity index (χ0v) is 6.29. The SMILES string of the molecule is Cc1cc2n[nH]c(C(=O)O)c2o1. The number of carboxylic acid groups (broad SMARTS) is 1. The molecule has 2 aromatic rings. The molecule has 2 rings (SSSR count). The topological polar surface area (TPSA) is 79.1 Å². The molecule has 2 aromatic heterocycles. The van der Waals surface area contributed by atoms with E-state index < -0.39 is 5.97 Å². The molecule has 0 saturated carbocycles. The molecular formula is C7H6N2O3. The third-order valence-corrected chi connectivity index (χ3v) is 1.56. The van der Waals surface area contributed by atoms with Crippen LogP contribution >= 0.6 is 0 Å². The van der Waals surface area contributed by atoms with Gasteiger partial charge in [0, 0.05) is 6.07 Å². The van der Waals surface area contributed by atoms with Crippen LogP contribution in [0.1, 0.15) is 16.2 Å². The minimum Gasteiger partial charge on any atom is -0.476 e. The number of nitrogens with zero attached hydrogens (tertiary/aromatic N) is 1. The van der Waals surface area contributed by atoms with Gasteiger partial charge in [-0.2, -0.15) is 5.10 Å². The Hall–Kier alpha value is -1.78. The van der Waals surface area contributed by atoms with E-state index in [4.69, 9.17) is 9.52 Å². The van der Waals surface area contributed by atoms with Crippen molar-refractivity contribution in [3.05, 3.63) is 17.5 Å². The van der Waals surface area contributed by atoms with Gasteiger partial charge in [0.1, 0.15) is 11.3 Å². The van der Waals surface area contributed by atoms with E-state index in [2.05, 4.69) is 10.2 Å². The molecule has 2 N–H and O–H groups in total. The van der Waals surface area contributed by atoms with Crippen LogP contribution in [0.25, 0.3) is 11.1 Å². The van der Waals surface area contributed by atoms with Crippen molar-refractivity contribution in [2.45, 2.75) is 6.92 Å². The second kappa shape index (κ2) is 2.10. The van der Waals surface area contributed by atoms with Gasteiger partial charge in [-0.15, -0.1) is 0 Å². The Kier molecular flexibility index (Phi) is 1.21. The normalized spacial score (nSPS) is 10.8. The van der Waals surface area contributed by atoms with Crippen molar-refractivity contribution >= 4 is 17.1 Å². The Bertz CT molecular complexity index is 440. The summed E-state index contributed by atoms with van der Waals surface area (Å²) < 4.78 is 5.13. The van der Waals surface area contributed by atoms with Crippen LogP contribution in [0.3, 0.4) is 0 Å². The van der Waals surface area contributed by atoms with E-state index >= 15 is 0 Å². The first-order chi connectivity index (χ1) is 5.68. The maximum absolute atomic E-state index is 10.6. The molecule has 0 aliphatic heterocycles. The zero-order valence-electron chi connectivity index (χ0n) is 6.29. The lowest BCUT2D eigenvalue weighted by atomic mass is 10.4. The molecular weight excluding hydrogens is 160 g/mol. The highest BCUT2D eigenvalue weighted by Gasteiger charge is 2.15. The van der Waals surface area contributed by atoms with Gasteiger partial charge in [0.05, 0.1) is 0 Å². The second-order valence-electron chi connectivity index (χ2n) is 2.48. The van der Waals surface area contributed by atoms with E-state index in [1.165, 1.54) is 0 Å². The van der Waals surface area contributed by atoms with E-state index in [1.807, 2.05) is 0 Å². The Morgan fingerprint density at radius 1 is 1.75 bits per heavy atom. The van der Waals surface area contributed by atoms with Gasteiger partial charge < -0.3 is 9.52 Å². The number of carbonyl (C=O) groups is 1. The monoisotopic (exact) mass is 166 g/mol. The molecule has 0 amide bonds. The molecule has 62 valence electrons. The molecule has 0 bridgehead atoms. The van der Waals surface area contributed by atoms with Crippen molar-refractivity contribution in [3.8, 4) is 0 Å². The van der Waals surface area contributed by atoms with Crippen molar-refractivity contribution in [2.75, 3.05) is 0 Å². The first-order valence-electron chi connectivity index (χ1n) is 3.36. The van der Waals surface area contributed by atoms with Crippen molar-refractivity contribution in [1.82, 2.24) is 10.2 Å². The Labute approximate surface area is 67.0 Å². The molecule has 0 fully saturated rings. The van der Waals surface area contributed by atoms with Gasteiger partial charge in [-0.05, 0) is 6.92 Å². The van der Waals surface area contributed by atoms with Crippen LogP contribution in [-0.4, -0.2) is 21.3 Å². The molecule has 5 nitrogen and oxygen atoms in total. The van der Waals surface area contributed by atoms with E-state index in [9.17, 15) is 4.79 Å². The molecule has 0 aliphatic rings. The summed E-state index contributed by atoms with van der Waals surface area (Å²) in [5.41, 5.74) is 0.850. The largest absolute Gasteiger partial charge is 0.476 e. The number of aromatic nitrogens is 2.